The van der Waals surface area contributed by atoms with Gasteiger partial charge in [0.05, 0.1) is 47.8 Å². The molecule has 1 aliphatic heterocycles. The van der Waals surface area contributed by atoms with Crippen LogP contribution in [0.15, 0.2) is 97.1 Å². The molecule has 4 aromatic carbocycles. The molecule has 288 valence electrons. The highest BCUT2D eigenvalue weighted by molar-refractivity contribution is 6.09. The van der Waals surface area contributed by atoms with Gasteiger partial charge in [-0.1, -0.05) is 36.4 Å². The molecule has 0 spiro atoms. The molecule has 1 saturated heterocycles. The molecule has 10 heteroatoms. The predicted octanol–water partition coefficient (Wildman–Crippen LogP) is 7.31. The summed E-state index contributed by atoms with van der Waals surface area (Å²) in [5.41, 5.74) is 8.16. The van der Waals surface area contributed by atoms with Crippen molar-refractivity contribution in [1.29, 1.82) is 0 Å². The molecule has 56 heavy (non-hydrogen) atoms. The number of benzene rings is 4. The molecule has 0 saturated carbocycles. The number of amides is 2. The van der Waals surface area contributed by atoms with E-state index < -0.39 is 0 Å². The molecular formula is C46H50N6O4. The van der Waals surface area contributed by atoms with Crippen LogP contribution in [0, 0.1) is 13.8 Å². The predicted molar refractivity (Wildman–Crippen MR) is 224 cm³/mol. The van der Waals surface area contributed by atoms with Crippen molar-refractivity contribution in [2.75, 3.05) is 66.6 Å². The highest BCUT2D eigenvalue weighted by Gasteiger charge is 2.22. The number of para-hydroxylation sites is 2. The van der Waals surface area contributed by atoms with Crippen LogP contribution in [0.4, 0.5) is 0 Å². The van der Waals surface area contributed by atoms with Crippen molar-refractivity contribution in [2.45, 2.75) is 26.7 Å². The quantitative estimate of drug-likeness (QED) is 0.112. The van der Waals surface area contributed by atoms with Gasteiger partial charge in [0.25, 0.3) is 11.8 Å². The van der Waals surface area contributed by atoms with Gasteiger partial charge in [0, 0.05) is 61.2 Å². The third-order valence-corrected chi connectivity index (χ3v) is 10.8. The first-order valence-corrected chi connectivity index (χ1v) is 19.4. The lowest BCUT2D eigenvalue weighted by atomic mass is 9.97. The van der Waals surface area contributed by atoms with E-state index in [0.717, 1.165) is 119 Å². The van der Waals surface area contributed by atoms with E-state index in [1.807, 2.05) is 111 Å². The summed E-state index contributed by atoms with van der Waals surface area (Å²) < 4.78 is 10.7. The Morgan fingerprint density at radius 2 is 0.946 bits per heavy atom. The number of methoxy groups -OCH3 is 2. The van der Waals surface area contributed by atoms with Crippen LogP contribution in [0.25, 0.3) is 44.3 Å². The minimum atomic E-state index is -0.0715. The van der Waals surface area contributed by atoms with Gasteiger partial charge in [-0.15, -0.1) is 0 Å². The van der Waals surface area contributed by atoms with Gasteiger partial charge in [0.15, 0.2) is 0 Å². The summed E-state index contributed by atoms with van der Waals surface area (Å²) >= 11 is 0. The van der Waals surface area contributed by atoms with Gasteiger partial charge in [-0.05, 0) is 112 Å². The third-order valence-electron chi connectivity index (χ3n) is 10.8. The molecule has 0 unspecified atom stereocenters. The number of piperazine rings is 1. The lowest BCUT2D eigenvalue weighted by Gasteiger charge is -2.34. The Morgan fingerprint density at radius 3 is 1.32 bits per heavy atom. The molecule has 0 atom stereocenters. The maximum atomic E-state index is 13.7. The van der Waals surface area contributed by atoms with Gasteiger partial charge in [-0.25, -0.2) is 9.97 Å². The molecule has 7 rings (SSSR count). The second kappa shape index (κ2) is 17.7. The van der Waals surface area contributed by atoms with E-state index >= 15 is 0 Å². The highest BCUT2D eigenvalue weighted by Crippen LogP contribution is 2.32. The first-order valence-electron chi connectivity index (χ1n) is 19.4. The fourth-order valence-electron chi connectivity index (χ4n) is 7.68. The maximum Gasteiger partial charge on any atom is 0.252 e. The average molecular weight is 751 g/mol. The van der Waals surface area contributed by atoms with Crippen LogP contribution in [0.2, 0.25) is 0 Å². The van der Waals surface area contributed by atoms with Crippen molar-refractivity contribution < 1.29 is 19.1 Å². The SMILES string of the molecule is COc1ccc(-c2nc3ccccc3c(C(=O)NCCCN3CCN(CCCNC(=O)c4c(C)c(-c5ccc(OC)cc5)nc5ccccc45)CC3)c2C)cc1. The molecular weight excluding hydrogens is 701 g/mol. The number of nitrogens with zero attached hydrogens (tertiary/aromatic N) is 4. The number of rotatable bonds is 14. The molecule has 2 amide bonds. The second-order valence-corrected chi connectivity index (χ2v) is 14.3. The van der Waals surface area contributed by atoms with Crippen LogP contribution in [-0.4, -0.2) is 98.2 Å². The number of hydrogen-bond donors (Lipinski definition) is 2. The minimum absolute atomic E-state index is 0.0715. The van der Waals surface area contributed by atoms with E-state index in [1.165, 1.54) is 0 Å². The average Bonchev–Trinajstić information content (AvgIpc) is 3.24. The molecule has 1 fully saturated rings. The normalized spacial score (nSPS) is 13.5. The van der Waals surface area contributed by atoms with E-state index in [0.29, 0.717) is 24.2 Å². The van der Waals surface area contributed by atoms with Gasteiger partial charge in [-0.2, -0.15) is 0 Å². The summed E-state index contributed by atoms with van der Waals surface area (Å²) in [5, 5.41) is 8.10. The molecule has 2 aromatic heterocycles. The number of aromatic nitrogens is 2. The Bertz CT molecular complexity index is 2150. The Kier molecular flexibility index (Phi) is 12.2. The van der Waals surface area contributed by atoms with Crippen molar-refractivity contribution in [3.8, 4) is 34.0 Å². The highest BCUT2D eigenvalue weighted by atomic mass is 16.5. The number of carbonyl (C=O) groups excluding carboxylic acids is 2. The van der Waals surface area contributed by atoms with Crippen LogP contribution in [0.1, 0.15) is 44.7 Å². The van der Waals surface area contributed by atoms with Gasteiger partial charge < -0.3 is 29.9 Å². The number of ether oxygens (including phenoxy) is 2. The molecule has 0 radical (unpaired) electrons. The first kappa shape index (κ1) is 38.4. The Hall–Kier alpha value is -5.84. The van der Waals surface area contributed by atoms with Gasteiger partial charge in [0.2, 0.25) is 0 Å². The Morgan fingerprint density at radius 1 is 0.571 bits per heavy atom. The lowest BCUT2D eigenvalue weighted by Crippen LogP contribution is -2.47. The van der Waals surface area contributed by atoms with E-state index in [-0.39, 0.29) is 11.8 Å². The van der Waals surface area contributed by atoms with Crippen molar-refractivity contribution in [1.82, 2.24) is 30.4 Å². The van der Waals surface area contributed by atoms with E-state index in [4.69, 9.17) is 19.4 Å². The zero-order valence-electron chi connectivity index (χ0n) is 32.7. The lowest BCUT2D eigenvalue weighted by molar-refractivity contribution is 0.0935. The summed E-state index contributed by atoms with van der Waals surface area (Å²) in [6.07, 6.45) is 1.74. The summed E-state index contributed by atoms with van der Waals surface area (Å²) in [5.74, 6) is 1.41. The zero-order valence-corrected chi connectivity index (χ0v) is 32.7. The molecule has 10 nitrogen and oxygen atoms in total. The fraction of sp³-hybridized carbons (Fsp3) is 0.304. The van der Waals surface area contributed by atoms with Crippen LogP contribution < -0.4 is 20.1 Å². The van der Waals surface area contributed by atoms with Crippen LogP contribution in [0.5, 0.6) is 11.5 Å². The molecule has 3 heterocycles. The molecule has 0 aliphatic carbocycles. The monoisotopic (exact) mass is 750 g/mol. The number of hydrogen-bond acceptors (Lipinski definition) is 8. The summed E-state index contributed by atoms with van der Waals surface area (Å²) in [6.45, 7) is 10.9. The van der Waals surface area contributed by atoms with E-state index in [1.54, 1.807) is 14.2 Å². The number of fused-ring (bicyclic) bond motifs is 2. The van der Waals surface area contributed by atoms with Crippen LogP contribution >= 0.6 is 0 Å². The minimum Gasteiger partial charge on any atom is -0.497 e. The second-order valence-electron chi connectivity index (χ2n) is 14.3. The van der Waals surface area contributed by atoms with Gasteiger partial charge in [0.1, 0.15) is 11.5 Å². The maximum absolute atomic E-state index is 13.7. The largest absolute Gasteiger partial charge is 0.497 e. The molecule has 2 N–H and O–H groups in total. The topological polar surface area (TPSA) is 109 Å². The van der Waals surface area contributed by atoms with E-state index in [9.17, 15) is 9.59 Å². The smallest absolute Gasteiger partial charge is 0.252 e. The van der Waals surface area contributed by atoms with Crippen LogP contribution in [-0.2, 0) is 0 Å². The van der Waals surface area contributed by atoms with Crippen molar-refractivity contribution in [3.05, 3.63) is 119 Å². The first-order chi connectivity index (χ1) is 27.3. The third kappa shape index (κ3) is 8.51. The number of carbonyl (C=O) groups is 2. The number of nitrogens with one attached hydrogen (secondary N) is 2. The standard InChI is InChI=1S/C46H50N6O4/c1-31-41(37-11-5-7-13-39(37)49-43(31)33-15-19-35(55-3)20-16-33)45(53)47-23-9-25-51-27-29-52(30-28-51)26-10-24-48-46(54)42-32(2)44(34-17-21-36(56-4)22-18-34)50-40-14-8-6-12-38(40)42/h5-8,11-22H,9-10,23-30H2,1-4H3,(H,47,53)(H,48,54). The van der Waals surface area contributed by atoms with Crippen molar-refractivity contribution in [3.63, 3.8) is 0 Å². The summed E-state index contributed by atoms with van der Waals surface area (Å²) in [7, 11) is 3.30. The molecule has 1 aliphatic rings. The van der Waals surface area contributed by atoms with Crippen molar-refractivity contribution in [2.24, 2.45) is 0 Å². The zero-order chi connectivity index (χ0) is 39.0. The molecule has 0 bridgehead atoms. The summed E-state index contributed by atoms with van der Waals surface area (Å²) in [4.78, 5) is 42.1. The van der Waals surface area contributed by atoms with Gasteiger partial charge in [-0.3, -0.25) is 9.59 Å². The number of pyridine rings is 2. The Labute approximate surface area is 328 Å². The summed E-state index contributed by atoms with van der Waals surface area (Å²) in [6, 6.07) is 31.2. The van der Waals surface area contributed by atoms with E-state index in [2.05, 4.69) is 20.4 Å². The Balaban J connectivity index is 0.871. The molecule has 6 aromatic rings. The van der Waals surface area contributed by atoms with Crippen LogP contribution in [0.3, 0.4) is 0 Å². The fourth-order valence-corrected chi connectivity index (χ4v) is 7.68. The van der Waals surface area contributed by atoms with Gasteiger partial charge >= 0.3 is 0 Å². The van der Waals surface area contributed by atoms with Crippen molar-refractivity contribution >= 4 is 33.6 Å².